The van der Waals surface area contributed by atoms with Crippen LogP contribution in [-0.4, -0.2) is 28.2 Å². The van der Waals surface area contributed by atoms with Crippen LogP contribution in [-0.2, 0) is 16.0 Å². The topological polar surface area (TPSA) is 101 Å². The van der Waals surface area contributed by atoms with Crippen molar-refractivity contribution in [2.75, 3.05) is 0 Å². The highest BCUT2D eigenvalue weighted by Gasteiger charge is 2.12. The zero-order valence-electron chi connectivity index (χ0n) is 9.30. The lowest BCUT2D eigenvalue weighted by Gasteiger charge is -2.01. The van der Waals surface area contributed by atoms with Gasteiger partial charge in [-0.15, -0.1) is 0 Å². The summed E-state index contributed by atoms with van der Waals surface area (Å²) < 4.78 is 0. The van der Waals surface area contributed by atoms with E-state index in [1.165, 1.54) is 17.5 Å². The molecule has 1 aliphatic carbocycles. The van der Waals surface area contributed by atoms with E-state index in [0.29, 0.717) is 0 Å². The molecule has 5 heteroatoms. The number of hydrogen-bond donors (Lipinski definition) is 3. The Kier molecular flexibility index (Phi) is 4.66. The lowest BCUT2D eigenvalue weighted by atomic mass is 10.2. The van der Waals surface area contributed by atoms with Crippen LogP contribution >= 0.6 is 0 Å². The summed E-state index contributed by atoms with van der Waals surface area (Å²) in [6, 6.07) is 7.47. The Hall–Kier alpha value is -1.88. The van der Waals surface area contributed by atoms with Crippen molar-refractivity contribution in [2.24, 2.45) is 5.73 Å². The van der Waals surface area contributed by atoms with Crippen LogP contribution < -0.4 is 5.73 Å². The van der Waals surface area contributed by atoms with Crippen molar-refractivity contribution in [1.29, 1.82) is 0 Å². The summed E-state index contributed by atoms with van der Waals surface area (Å²) in [7, 11) is 0. The van der Waals surface area contributed by atoms with Gasteiger partial charge in [-0.25, -0.2) is 0 Å². The summed E-state index contributed by atoms with van der Waals surface area (Å²) in [5, 5.41) is 16.3. The van der Waals surface area contributed by atoms with Gasteiger partial charge in [0.1, 0.15) is 6.04 Å². The number of carboxylic acids is 2. The van der Waals surface area contributed by atoms with Gasteiger partial charge in [-0.1, -0.05) is 24.3 Å². The smallest absolute Gasteiger partial charge is 0.320 e. The number of nitrogens with two attached hydrogens (primary N) is 1. The van der Waals surface area contributed by atoms with Gasteiger partial charge in [0.05, 0.1) is 0 Å². The van der Waals surface area contributed by atoms with Gasteiger partial charge in [0, 0.05) is 6.42 Å². The molecule has 1 aromatic rings. The fourth-order valence-electron chi connectivity index (χ4n) is 1.24. The number of carbonyl (C=O) groups is 2. The standard InChI is InChI=1S/C7H6.C5H9NO4/c1-2-4-7-5-6(7)3-1;6-3(5(9)10)1-2-4(7)8/h1-4H,5H2;3H,1-2,6H2,(H,7,8)(H,9,10). The van der Waals surface area contributed by atoms with E-state index in [0.717, 1.165) is 0 Å². The van der Waals surface area contributed by atoms with E-state index in [-0.39, 0.29) is 12.8 Å². The highest BCUT2D eigenvalue weighted by atomic mass is 16.4. The summed E-state index contributed by atoms with van der Waals surface area (Å²) in [6.07, 6.45) is 1.02. The Morgan fingerprint density at radius 3 is 2.12 bits per heavy atom. The second kappa shape index (κ2) is 6.00. The largest absolute Gasteiger partial charge is 0.481 e. The third-order valence-corrected chi connectivity index (χ3v) is 2.36. The maximum absolute atomic E-state index is 9.99. The van der Waals surface area contributed by atoms with Gasteiger partial charge in [0.2, 0.25) is 0 Å². The van der Waals surface area contributed by atoms with Crippen molar-refractivity contribution >= 4 is 11.9 Å². The van der Waals surface area contributed by atoms with Crippen molar-refractivity contribution < 1.29 is 19.8 Å². The summed E-state index contributed by atoms with van der Waals surface area (Å²) in [5.74, 6) is -2.20. The number of carboxylic acid groups (broad SMARTS) is 2. The van der Waals surface area contributed by atoms with Gasteiger partial charge in [0.15, 0.2) is 0 Å². The molecule has 1 atom stereocenters. The molecule has 1 aromatic carbocycles. The molecule has 0 heterocycles. The molecular weight excluding hydrogens is 222 g/mol. The average molecular weight is 237 g/mol. The third kappa shape index (κ3) is 5.12. The van der Waals surface area contributed by atoms with Crippen LogP contribution in [0.4, 0.5) is 0 Å². The number of aliphatic carboxylic acids is 2. The Morgan fingerprint density at radius 1 is 1.24 bits per heavy atom. The Balaban J connectivity index is 0.000000177. The van der Waals surface area contributed by atoms with Gasteiger partial charge >= 0.3 is 11.9 Å². The quantitative estimate of drug-likeness (QED) is 0.732. The van der Waals surface area contributed by atoms with Crippen molar-refractivity contribution in [1.82, 2.24) is 0 Å². The van der Waals surface area contributed by atoms with Crippen LogP contribution in [0.2, 0.25) is 0 Å². The second-order valence-electron chi connectivity index (χ2n) is 3.82. The number of benzene rings is 1. The first-order valence-corrected chi connectivity index (χ1v) is 5.27. The van der Waals surface area contributed by atoms with Crippen LogP contribution in [0.15, 0.2) is 24.3 Å². The molecule has 0 spiro atoms. The van der Waals surface area contributed by atoms with Gasteiger partial charge in [-0.2, -0.15) is 0 Å². The van der Waals surface area contributed by atoms with Crippen LogP contribution in [0.3, 0.4) is 0 Å². The molecule has 0 radical (unpaired) electrons. The molecule has 92 valence electrons. The van der Waals surface area contributed by atoms with E-state index in [4.69, 9.17) is 15.9 Å². The molecule has 5 nitrogen and oxygen atoms in total. The first kappa shape index (κ1) is 13.2. The van der Waals surface area contributed by atoms with Crippen molar-refractivity contribution in [3.63, 3.8) is 0 Å². The van der Waals surface area contributed by atoms with Gasteiger partial charge in [0.25, 0.3) is 0 Å². The lowest BCUT2D eigenvalue weighted by molar-refractivity contribution is -0.139. The maximum atomic E-state index is 9.99. The van der Waals surface area contributed by atoms with Crippen molar-refractivity contribution in [2.45, 2.75) is 25.3 Å². The Labute approximate surface area is 98.9 Å². The Bertz CT molecular complexity index is 396. The van der Waals surface area contributed by atoms with Crippen LogP contribution in [0, 0.1) is 0 Å². The van der Waals surface area contributed by atoms with Crippen LogP contribution in [0.5, 0.6) is 0 Å². The third-order valence-electron chi connectivity index (χ3n) is 2.36. The fraction of sp³-hybridized carbons (Fsp3) is 0.333. The molecule has 1 aliphatic rings. The average Bonchev–Trinajstić information content (AvgIpc) is 3.05. The summed E-state index contributed by atoms with van der Waals surface area (Å²) in [6.45, 7) is 0. The van der Waals surface area contributed by atoms with E-state index >= 15 is 0 Å². The lowest BCUT2D eigenvalue weighted by Crippen LogP contribution is -2.30. The molecule has 0 amide bonds. The molecule has 0 aromatic heterocycles. The molecule has 0 saturated carbocycles. The van der Waals surface area contributed by atoms with Crippen molar-refractivity contribution in [3.8, 4) is 0 Å². The fourth-order valence-corrected chi connectivity index (χ4v) is 1.24. The zero-order valence-corrected chi connectivity index (χ0v) is 9.30. The molecule has 4 N–H and O–H groups in total. The van der Waals surface area contributed by atoms with E-state index in [9.17, 15) is 9.59 Å². The maximum Gasteiger partial charge on any atom is 0.320 e. The van der Waals surface area contributed by atoms with E-state index in [1.807, 2.05) is 0 Å². The van der Waals surface area contributed by atoms with E-state index in [1.54, 1.807) is 0 Å². The monoisotopic (exact) mass is 237 g/mol. The van der Waals surface area contributed by atoms with Crippen LogP contribution in [0.1, 0.15) is 24.0 Å². The number of hydrogen-bond acceptors (Lipinski definition) is 3. The predicted octanol–water partition coefficient (Wildman–Crippen LogP) is 0.854. The summed E-state index contributed by atoms with van der Waals surface area (Å²) in [5.41, 5.74) is 8.06. The zero-order chi connectivity index (χ0) is 12.8. The molecule has 0 fully saturated rings. The van der Waals surface area contributed by atoms with Crippen LogP contribution in [0.25, 0.3) is 0 Å². The second-order valence-corrected chi connectivity index (χ2v) is 3.82. The van der Waals surface area contributed by atoms with E-state index in [2.05, 4.69) is 24.3 Å². The number of fused-ring (bicyclic) bond motifs is 1. The minimum Gasteiger partial charge on any atom is -0.481 e. The first-order chi connectivity index (χ1) is 8.00. The molecular formula is C12H15NO4. The molecule has 2 rings (SSSR count). The minimum atomic E-state index is -1.17. The number of rotatable bonds is 4. The highest BCUT2D eigenvalue weighted by Crippen LogP contribution is 2.25. The van der Waals surface area contributed by atoms with Gasteiger partial charge in [-0.3, -0.25) is 9.59 Å². The van der Waals surface area contributed by atoms with Gasteiger partial charge < -0.3 is 15.9 Å². The molecule has 0 saturated heterocycles. The minimum absolute atomic E-state index is 0.0231. The summed E-state index contributed by atoms with van der Waals surface area (Å²) in [4.78, 5) is 19.9. The van der Waals surface area contributed by atoms with Crippen molar-refractivity contribution in [3.05, 3.63) is 35.4 Å². The first-order valence-electron chi connectivity index (χ1n) is 5.27. The molecule has 0 aliphatic heterocycles. The highest BCUT2D eigenvalue weighted by molar-refractivity contribution is 5.74. The normalized spacial score (nSPS) is 12.8. The molecule has 17 heavy (non-hydrogen) atoms. The van der Waals surface area contributed by atoms with E-state index < -0.39 is 18.0 Å². The SMILES string of the molecule is NC(CCC(=O)O)C(=O)O.c1ccc2c(c1)C2. The molecule has 0 bridgehead atoms. The summed E-state index contributed by atoms with van der Waals surface area (Å²) >= 11 is 0. The Morgan fingerprint density at radius 2 is 1.76 bits per heavy atom. The molecule has 1 unspecified atom stereocenters. The van der Waals surface area contributed by atoms with Gasteiger partial charge in [-0.05, 0) is 24.0 Å². The predicted molar refractivity (Wildman–Crippen MR) is 61.7 cm³/mol.